The van der Waals surface area contributed by atoms with Crippen LogP contribution in [0, 0.1) is 23.2 Å². The second-order valence-corrected chi connectivity index (χ2v) is 12.6. The van der Waals surface area contributed by atoms with Crippen LogP contribution in [0.2, 0.25) is 0 Å². The molecule has 2 heterocycles. The van der Waals surface area contributed by atoms with Gasteiger partial charge in [0.05, 0.1) is 24.0 Å². The third-order valence-corrected chi connectivity index (χ3v) is 8.77. The Kier molecular flexibility index (Phi) is 9.77. The number of anilines is 4. The first-order chi connectivity index (χ1) is 20.7. The van der Waals surface area contributed by atoms with Gasteiger partial charge in [-0.1, -0.05) is 13.8 Å². The molecule has 0 aliphatic heterocycles. The molecule has 2 aromatic rings. The summed E-state index contributed by atoms with van der Waals surface area (Å²) in [6.07, 6.45) is 12.2. The number of carbonyl (C=O) groups excluding carboxylic acids is 1. The van der Waals surface area contributed by atoms with Crippen molar-refractivity contribution in [3.05, 3.63) is 23.5 Å². The van der Waals surface area contributed by atoms with Crippen molar-refractivity contribution in [2.75, 3.05) is 21.3 Å². The van der Waals surface area contributed by atoms with Crippen LogP contribution in [0.5, 0.6) is 0 Å². The van der Waals surface area contributed by atoms with Gasteiger partial charge >= 0.3 is 0 Å². The van der Waals surface area contributed by atoms with Gasteiger partial charge in [0, 0.05) is 30.4 Å². The highest BCUT2D eigenvalue weighted by atomic mass is 16.3. The first-order valence-corrected chi connectivity index (χ1v) is 15.5. The Balaban J connectivity index is 0.000000171. The van der Waals surface area contributed by atoms with Crippen molar-refractivity contribution in [3.8, 4) is 6.07 Å². The summed E-state index contributed by atoms with van der Waals surface area (Å²) in [5, 5.41) is 42.2. The van der Waals surface area contributed by atoms with Crippen LogP contribution in [0.15, 0.2) is 12.4 Å². The van der Waals surface area contributed by atoms with Crippen molar-refractivity contribution in [1.29, 1.82) is 5.26 Å². The Labute approximate surface area is 252 Å². The van der Waals surface area contributed by atoms with Crippen LogP contribution in [-0.4, -0.2) is 72.4 Å². The first kappa shape index (κ1) is 30.7. The van der Waals surface area contributed by atoms with Crippen molar-refractivity contribution in [2.24, 2.45) is 17.6 Å². The molecule has 2 aromatic heterocycles. The zero-order chi connectivity index (χ0) is 30.5. The fourth-order valence-electron chi connectivity index (χ4n) is 5.45. The smallest absolute Gasteiger partial charge is 0.254 e. The summed E-state index contributed by atoms with van der Waals surface area (Å²) in [6.45, 7) is 4.13. The SMILES string of the molecule is C[C@@H]1CC[C@@H](Nc2nc(NC3CC3)ncc2C#N)C[C@H]1O.C[C@@H]1CC[C@@H](Nc2nc(NC3CC3)ncc2C(N)=O)C[C@H]1O. The average Bonchev–Trinajstić information content (AvgIpc) is 3.91. The molecule has 4 saturated carbocycles. The van der Waals surface area contributed by atoms with Gasteiger partial charge in [-0.25, -0.2) is 9.97 Å². The first-order valence-electron chi connectivity index (χ1n) is 15.5. The molecular formula is C30H44N10O3. The number of nitrogens with zero attached hydrogens (tertiary/aromatic N) is 5. The number of aliphatic hydroxyl groups is 2. The Morgan fingerprint density at radius 1 is 0.767 bits per heavy atom. The number of amides is 1. The lowest BCUT2D eigenvalue weighted by Crippen LogP contribution is -2.35. The Morgan fingerprint density at radius 3 is 1.70 bits per heavy atom. The molecule has 0 spiro atoms. The van der Waals surface area contributed by atoms with E-state index in [2.05, 4.69) is 61.1 Å². The van der Waals surface area contributed by atoms with Crippen LogP contribution < -0.4 is 27.0 Å². The number of aromatic nitrogens is 4. The predicted molar refractivity (Wildman–Crippen MR) is 163 cm³/mol. The van der Waals surface area contributed by atoms with Gasteiger partial charge in [-0.2, -0.15) is 15.2 Å². The Bertz CT molecular complexity index is 1310. The fourth-order valence-corrected chi connectivity index (χ4v) is 5.45. The number of nitrogens with two attached hydrogens (primary N) is 1. The topological polar surface area (TPSA) is 207 Å². The lowest BCUT2D eigenvalue weighted by molar-refractivity contribution is 0.0737. The van der Waals surface area contributed by atoms with Crippen LogP contribution >= 0.6 is 0 Å². The van der Waals surface area contributed by atoms with E-state index in [1.165, 1.54) is 6.20 Å². The fraction of sp³-hybridized carbons (Fsp3) is 0.667. The summed E-state index contributed by atoms with van der Waals surface area (Å²) in [5.41, 5.74) is 6.14. The van der Waals surface area contributed by atoms with E-state index in [-0.39, 0.29) is 29.9 Å². The maximum Gasteiger partial charge on any atom is 0.254 e. The van der Waals surface area contributed by atoms with Crippen molar-refractivity contribution < 1.29 is 15.0 Å². The zero-order valence-electron chi connectivity index (χ0n) is 25.0. The Hall–Kier alpha value is -3.76. The average molecular weight is 593 g/mol. The standard InChI is InChI=1S/C15H23N5O2.C15H21N5O/c1-8-2-3-10(6-12(8)21)18-14-11(13(16)22)7-17-15(20-14)19-9-4-5-9;1-9-2-3-12(6-13(9)21)18-14-10(7-16)8-17-15(20-14)19-11-4-5-11/h7-10,12,21H,2-6H2,1H3,(H2,16,22)(H2,17,18,19,20);8-9,11-13,21H,2-6H2,1H3,(H2,17,18,19,20)/t8-,10-,12-;9-,12-,13-/m11/s1. The molecule has 0 radical (unpaired) electrons. The zero-order valence-corrected chi connectivity index (χ0v) is 25.0. The molecule has 0 aromatic carbocycles. The van der Waals surface area contributed by atoms with E-state index in [4.69, 9.17) is 5.73 Å². The highest BCUT2D eigenvalue weighted by Crippen LogP contribution is 2.30. The summed E-state index contributed by atoms with van der Waals surface area (Å²) < 4.78 is 0. The molecule has 0 bridgehead atoms. The number of hydrogen-bond donors (Lipinski definition) is 7. The van der Waals surface area contributed by atoms with Gasteiger partial charge in [-0.05, 0) is 76.0 Å². The third-order valence-electron chi connectivity index (χ3n) is 8.77. The summed E-state index contributed by atoms with van der Waals surface area (Å²) in [7, 11) is 0. The van der Waals surface area contributed by atoms with Gasteiger partial charge in [0.1, 0.15) is 23.3 Å². The molecule has 43 heavy (non-hydrogen) atoms. The second kappa shape index (κ2) is 13.7. The third kappa shape index (κ3) is 8.64. The molecule has 6 rings (SSSR count). The van der Waals surface area contributed by atoms with E-state index in [9.17, 15) is 20.3 Å². The van der Waals surface area contributed by atoms with E-state index in [0.717, 1.165) is 51.4 Å². The van der Waals surface area contributed by atoms with Crippen molar-refractivity contribution in [1.82, 2.24) is 19.9 Å². The molecule has 13 heteroatoms. The molecule has 4 aliphatic carbocycles. The minimum Gasteiger partial charge on any atom is -0.393 e. The van der Waals surface area contributed by atoms with Crippen molar-refractivity contribution in [2.45, 2.75) is 114 Å². The minimum absolute atomic E-state index is 0.0907. The molecule has 6 atom stereocenters. The molecule has 4 fully saturated rings. The van der Waals surface area contributed by atoms with Crippen LogP contribution in [0.1, 0.15) is 94.0 Å². The van der Waals surface area contributed by atoms with Crippen LogP contribution in [0.3, 0.4) is 0 Å². The number of carbonyl (C=O) groups is 1. The highest BCUT2D eigenvalue weighted by molar-refractivity contribution is 5.97. The number of aliphatic hydroxyl groups excluding tert-OH is 2. The van der Waals surface area contributed by atoms with Crippen molar-refractivity contribution >= 4 is 29.4 Å². The summed E-state index contributed by atoms with van der Waals surface area (Å²) in [4.78, 5) is 28.7. The molecule has 0 unspecified atom stereocenters. The number of nitriles is 1. The second-order valence-electron chi connectivity index (χ2n) is 12.6. The van der Waals surface area contributed by atoms with Crippen LogP contribution in [0.4, 0.5) is 23.5 Å². The van der Waals surface area contributed by atoms with Gasteiger partial charge in [0.25, 0.3) is 5.91 Å². The quantitative estimate of drug-likeness (QED) is 0.224. The molecule has 13 nitrogen and oxygen atoms in total. The van der Waals surface area contributed by atoms with E-state index in [0.29, 0.717) is 65.9 Å². The van der Waals surface area contributed by atoms with Gasteiger partial charge in [-0.3, -0.25) is 4.79 Å². The number of primary amides is 1. The summed E-state index contributed by atoms with van der Waals surface area (Å²) in [5.74, 6) is 2.22. The van der Waals surface area contributed by atoms with Crippen LogP contribution in [0.25, 0.3) is 0 Å². The normalized spacial score (nSPS) is 28.4. The van der Waals surface area contributed by atoms with Crippen LogP contribution in [-0.2, 0) is 0 Å². The van der Waals surface area contributed by atoms with E-state index in [1.807, 2.05) is 0 Å². The van der Waals surface area contributed by atoms with E-state index >= 15 is 0 Å². The summed E-state index contributed by atoms with van der Waals surface area (Å²) in [6, 6.07) is 3.28. The summed E-state index contributed by atoms with van der Waals surface area (Å²) >= 11 is 0. The minimum atomic E-state index is -0.551. The lowest BCUT2D eigenvalue weighted by Gasteiger charge is -2.32. The molecule has 1 amide bonds. The predicted octanol–water partition coefficient (Wildman–Crippen LogP) is 3.00. The Morgan fingerprint density at radius 2 is 1.23 bits per heavy atom. The van der Waals surface area contributed by atoms with Gasteiger partial charge < -0.3 is 37.2 Å². The lowest BCUT2D eigenvalue weighted by atomic mass is 9.85. The molecule has 232 valence electrons. The molecule has 4 aliphatic rings. The van der Waals surface area contributed by atoms with Crippen molar-refractivity contribution in [3.63, 3.8) is 0 Å². The molecule has 8 N–H and O–H groups in total. The molecule has 0 saturated heterocycles. The number of hydrogen-bond acceptors (Lipinski definition) is 12. The number of nitrogens with one attached hydrogen (secondary N) is 4. The molecular weight excluding hydrogens is 548 g/mol. The van der Waals surface area contributed by atoms with E-state index in [1.54, 1.807) is 6.20 Å². The van der Waals surface area contributed by atoms with E-state index < -0.39 is 5.91 Å². The highest BCUT2D eigenvalue weighted by Gasteiger charge is 2.29. The maximum atomic E-state index is 11.6. The number of rotatable bonds is 9. The van der Waals surface area contributed by atoms with Gasteiger partial charge in [-0.15, -0.1) is 0 Å². The largest absolute Gasteiger partial charge is 0.393 e. The monoisotopic (exact) mass is 592 g/mol. The maximum absolute atomic E-state index is 11.6. The van der Waals surface area contributed by atoms with Gasteiger partial charge in [0.2, 0.25) is 11.9 Å². The van der Waals surface area contributed by atoms with Gasteiger partial charge in [0.15, 0.2) is 0 Å².